The van der Waals surface area contributed by atoms with Gasteiger partial charge in [0.15, 0.2) is 0 Å². The van der Waals surface area contributed by atoms with E-state index in [1.807, 2.05) is 6.92 Å². The third kappa shape index (κ3) is 8.10. The summed E-state index contributed by atoms with van der Waals surface area (Å²) < 4.78 is 0. The lowest BCUT2D eigenvalue weighted by atomic mass is 10.5. The van der Waals surface area contributed by atoms with E-state index in [1.165, 1.54) is 0 Å². The fourth-order valence-electron chi connectivity index (χ4n) is 0.269. The summed E-state index contributed by atoms with van der Waals surface area (Å²) in [4.78, 5) is 9.18. The molecule has 0 fully saturated rings. The topological polar surface area (TPSA) is 27.7 Å². The van der Waals surface area contributed by atoms with Crippen LogP contribution < -0.4 is 0 Å². The van der Waals surface area contributed by atoms with E-state index in [-0.39, 0.29) is 0 Å². The number of hydrogen-bond acceptors (Lipinski definition) is 3. The van der Waals surface area contributed by atoms with Crippen LogP contribution in [-0.2, 0) is 14.8 Å². The minimum Gasteiger partial charge on any atom is -0.207 e. The first kappa shape index (κ1) is 9.10. The van der Waals surface area contributed by atoms with E-state index in [2.05, 4.69) is 14.8 Å². The van der Waals surface area contributed by atoms with Crippen LogP contribution in [0.2, 0.25) is 6.04 Å². The molecule has 0 atom stereocenters. The highest BCUT2D eigenvalue weighted by atomic mass is 28.1. The maximum absolute atomic E-state index is 4.60. The van der Waals surface area contributed by atoms with E-state index in [0.717, 1.165) is 22.7 Å². The first-order valence-electron chi connectivity index (χ1n) is 3.32. The van der Waals surface area contributed by atoms with E-state index in [0.29, 0.717) is 13.2 Å². The summed E-state index contributed by atoms with van der Waals surface area (Å²) in [6, 6.07) is 1.08. The third-order valence-electron chi connectivity index (χ3n) is 0.671. The Bertz CT molecular complexity index is 45.5. The molecule has 0 aromatic rings. The molecular weight excluding hydrogens is 136 g/mol. The Kier molecular flexibility index (Phi) is 8.18. The molecule has 0 saturated carbocycles. The molecule has 0 amide bonds. The van der Waals surface area contributed by atoms with Crippen molar-refractivity contribution in [2.24, 2.45) is 0 Å². The number of hydrogen-bond donors (Lipinski definition) is 0. The summed E-state index contributed by atoms with van der Waals surface area (Å²) in [5.41, 5.74) is 0. The van der Waals surface area contributed by atoms with Crippen LogP contribution in [0.15, 0.2) is 0 Å². The van der Waals surface area contributed by atoms with Crippen molar-refractivity contribution >= 4 is 10.2 Å². The minimum atomic E-state index is 0.598. The first-order chi connectivity index (χ1) is 4.41. The van der Waals surface area contributed by atoms with E-state index < -0.39 is 0 Å². The molecule has 9 heavy (non-hydrogen) atoms. The van der Waals surface area contributed by atoms with Crippen molar-refractivity contribution in [3.8, 4) is 0 Å². The standard InChI is InChI=1S/C5H14O3Si/c1-2-3-6-8-7-4-5-9/h2-5H2,1,9H3. The molecule has 0 heterocycles. The zero-order chi connectivity index (χ0) is 6.95. The van der Waals surface area contributed by atoms with Gasteiger partial charge in [-0.05, 0) is 12.5 Å². The molecule has 0 aromatic heterocycles. The van der Waals surface area contributed by atoms with Gasteiger partial charge in [0.2, 0.25) is 0 Å². The zero-order valence-corrected chi connectivity index (χ0v) is 8.05. The van der Waals surface area contributed by atoms with Crippen LogP contribution in [0.3, 0.4) is 0 Å². The van der Waals surface area contributed by atoms with Crippen LogP contribution in [0.1, 0.15) is 13.3 Å². The quantitative estimate of drug-likeness (QED) is 0.232. The maximum atomic E-state index is 4.60. The van der Waals surface area contributed by atoms with Crippen molar-refractivity contribution in [2.45, 2.75) is 19.4 Å². The Hall–Kier alpha value is 0.0969. The smallest absolute Gasteiger partial charge is 0.0851 e. The first-order valence-corrected chi connectivity index (χ1v) is 4.74. The normalized spacial score (nSPS) is 10.3. The lowest BCUT2D eigenvalue weighted by Crippen LogP contribution is -1.98. The lowest BCUT2D eigenvalue weighted by Gasteiger charge is -1.98. The van der Waals surface area contributed by atoms with Gasteiger partial charge in [0, 0.05) is 10.2 Å². The Labute approximate surface area is 58.6 Å². The van der Waals surface area contributed by atoms with Gasteiger partial charge in [-0.2, -0.15) is 0 Å². The molecule has 0 rings (SSSR count). The SMILES string of the molecule is CCCOOOCC[SiH3]. The van der Waals surface area contributed by atoms with Crippen LogP contribution in [-0.4, -0.2) is 23.5 Å². The van der Waals surface area contributed by atoms with Crippen molar-refractivity contribution in [3.63, 3.8) is 0 Å². The van der Waals surface area contributed by atoms with Gasteiger partial charge >= 0.3 is 0 Å². The summed E-state index contributed by atoms with van der Waals surface area (Å²) >= 11 is 0. The van der Waals surface area contributed by atoms with Gasteiger partial charge in [-0.1, -0.05) is 12.0 Å². The van der Waals surface area contributed by atoms with E-state index in [9.17, 15) is 0 Å². The van der Waals surface area contributed by atoms with Gasteiger partial charge in [-0.15, -0.1) is 0 Å². The van der Waals surface area contributed by atoms with Crippen molar-refractivity contribution in [2.75, 3.05) is 13.2 Å². The monoisotopic (exact) mass is 150 g/mol. The van der Waals surface area contributed by atoms with Gasteiger partial charge in [-0.25, -0.2) is 9.78 Å². The molecule has 0 aliphatic heterocycles. The molecule has 0 aromatic carbocycles. The molecule has 0 radical (unpaired) electrons. The molecule has 0 saturated heterocycles. The Morgan fingerprint density at radius 3 is 2.44 bits per heavy atom. The summed E-state index contributed by atoms with van der Waals surface area (Å²) in [5, 5.41) is 4.34. The van der Waals surface area contributed by atoms with E-state index in [4.69, 9.17) is 0 Å². The Morgan fingerprint density at radius 2 is 1.89 bits per heavy atom. The molecule has 0 aliphatic rings. The summed E-state index contributed by atoms with van der Waals surface area (Å²) in [5.74, 6) is 0. The summed E-state index contributed by atoms with van der Waals surface area (Å²) in [6.45, 7) is 3.26. The van der Waals surface area contributed by atoms with Crippen molar-refractivity contribution in [1.29, 1.82) is 0 Å². The largest absolute Gasteiger partial charge is 0.207 e. The molecule has 0 bridgehead atoms. The highest BCUT2D eigenvalue weighted by molar-refractivity contribution is 6.08. The third-order valence-corrected chi connectivity index (χ3v) is 1.08. The van der Waals surface area contributed by atoms with Gasteiger partial charge in [0.1, 0.15) is 0 Å². The molecule has 0 N–H and O–H groups in total. The van der Waals surface area contributed by atoms with Crippen LogP contribution in [0, 0.1) is 0 Å². The highest BCUT2D eigenvalue weighted by Gasteiger charge is 1.84. The molecule has 56 valence electrons. The van der Waals surface area contributed by atoms with Gasteiger partial charge in [0.25, 0.3) is 0 Å². The highest BCUT2D eigenvalue weighted by Crippen LogP contribution is 1.84. The van der Waals surface area contributed by atoms with Crippen LogP contribution in [0.4, 0.5) is 0 Å². The predicted octanol–water partition coefficient (Wildman–Crippen LogP) is 0.0599. The van der Waals surface area contributed by atoms with Crippen LogP contribution >= 0.6 is 0 Å². The average Bonchev–Trinajstić information content (AvgIpc) is 1.89. The second-order valence-electron chi connectivity index (χ2n) is 1.71. The Balaban J connectivity index is 2.60. The fourth-order valence-corrected chi connectivity index (χ4v) is 0.435. The predicted molar refractivity (Wildman–Crippen MR) is 38.0 cm³/mol. The molecule has 0 aliphatic carbocycles. The van der Waals surface area contributed by atoms with Gasteiger partial charge in [-0.3, -0.25) is 0 Å². The van der Waals surface area contributed by atoms with Crippen LogP contribution in [0.5, 0.6) is 0 Å². The van der Waals surface area contributed by atoms with E-state index in [1.54, 1.807) is 0 Å². The van der Waals surface area contributed by atoms with E-state index >= 15 is 0 Å². The van der Waals surface area contributed by atoms with Crippen LogP contribution in [0.25, 0.3) is 0 Å². The molecule has 0 spiro atoms. The van der Waals surface area contributed by atoms with Crippen molar-refractivity contribution in [1.82, 2.24) is 0 Å². The second kappa shape index (κ2) is 8.10. The number of rotatable bonds is 6. The average molecular weight is 150 g/mol. The zero-order valence-electron chi connectivity index (χ0n) is 6.05. The van der Waals surface area contributed by atoms with Gasteiger partial charge in [0.05, 0.1) is 13.2 Å². The van der Waals surface area contributed by atoms with Crippen molar-refractivity contribution < 1.29 is 14.8 Å². The Morgan fingerprint density at radius 1 is 1.22 bits per heavy atom. The summed E-state index contributed by atoms with van der Waals surface area (Å²) in [7, 11) is 1.15. The molecule has 3 nitrogen and oxygen atoms in total. The minimum absolute atomic E-state index is 0.598. The van der Waals surface area contributed by atoms with Gasteiger partial charge < -0.3 is 0 Å². The second-order valence-corrected chi connectivity index (χ2v) is 2.71. The van der Waals surface area contributed by atoms with Crippen molar-refractivity contribution in [3.05, 3.63) is 0 Å². The molecule has 4 heteroatoms. The lowest BCUT2D eigenvalue weighted by molar-refractivity contribution is -0.510. The molecule has 0 unspecified atom stereocenters. The molecular formula is C5H14O3Si. The fraction of sp³-hybridized carbons (Fsp3) is 1.00. The maximum Gasteiger partial charge on any atom is 0.0851 e. The summed E-state index contributed by atoms with van der Waals surface area (Å²) in [6.07, 6.45) is 0.949.